The molecule has 1 aromatic carbocycles. The molecule has 0 amide bonds. The number of benzene rings is 1. The quantitative estimate of drug-likeness (QED) is 0.498. The molecule has 144 valence electrons. The SMILES string of the molecule is CCNC(=NCC1(SC)CCOCC1)NCC1(c2cccc(Br)c2)CC1. The molecule has 0 bridgehead atoms. The maximum Gasteiger partial charge on any atom is 0.191 e. The molecule has 2 aliphatic rings. The highest BCUT2D eigenvalue weighted by Crippen LogP contribution is 2.48. The summed E-state index contributed by atoms with van der Waals surface area (Å²) in [5.74, 6) is 0.939. The third-order valence-corrected chi connectivity index (χ3v) is 7.49. The topological polar surface area (TPSA) is 45.7 Å². The van der Waals surface area contributed by atoms with Crippen LogP contribution in [0.4, 0.5) is 0 Å². The van der Waals surface area contributed by atoms with Crippen molar-refractivity contribution in [2.24, 2.45) is 4.99 Å². The molecule has 1 aliphatic carbocycles. The molecule has 0 atom stereocenters. The number of rotatable bonds is 7. The Kier molecular flexibility index (Phi) is 6.92. The zero-order valence-corrected chi connectivity index (χ0v) is 18.2. The number of nitrogens with one attached hydrogen (secondary N) is 2. The highest BCUT2D eigenvalue weighted by Gasteiger charge is 2.44. The summed E-state index contributed by atoms with van der Waals surface area (Å²) in [5, 5.41) is 7.02. The molecule has 1 aliphatic heterocycles. The van der Waals surface area contributed by atoms with Gasteiger partial charge in [0.15, 0.2) is 5.96 Å². The van der Waals surface area contributed by atoms with Gasteiger partial charge in [-0.3, -0.25) is 4.99 Å². The molecular formula is C20H30BrN3OS. The van der Waals surface area contributed by atoms with Crippen molar-refractivity contribution in [2.75, 3.05) is 39.1 Å². The van der Waals surface area contributed by atoms with E-state index in [0.717, 1.165) is 56.1 Å². The third-order valence-electron chi connectivity index (χ3n) is 5.59. The number of hydrogen-bond donors (Lipinski definition) is 2. The summed E-state index contributed by atoms with van der Waals surface area (Å²) < 4.78 is 6.92. The van der Waals surface area contributed by atoms with Crippen LogP contribution in [0.25, 0.3) is 0 Å². The lowest BCUT2D eigenvalue weighted by Crippen LogP contribution is -2.43. The molecule has 26 heavy (non-hydrogen) atoms. The predicted molar refractivity (Wildman–Crippen MR) is 115 cm³/mol. The number of ether oxygens (including phenoxy) is 1. The summed E-state index contributed by atoms with van der Waals surface area (Å²) in [4.78, 5) is 4.93. The van der Waals surface area contributed by atoms with Gasteiger partial charge in [0, 0.05) is 40.9 Å². The van der Waals surface area contributed by atoms with Gasteiger partial charge in [0.1, 0.15) is 0 Å². The lowest BCUT2D eigenvalue weighted by molar-refractivity contribution is 0.0794. The van der Waals surface area contributed by atoms with Crippen molar-refractivity contribution < 1.29 is 4.74 Å². The van der Waals surface area contributed by atoms with Gasteiger partial charge in [-0.25, -0.2) is 0 Å². The fourth-order valence-electron chi connectivity index (χ4n) is 3.52. The lowest BCUT2D eigenvalue weighted by atomic mass is 9.96. The van der Waals surface area contributed by atoms with E-state index in [1.165, 1.54) is 18.4 Å². The number of guanidine groups is 1. The molecule has 2 N–H and O–H groups in total. The highest BCUT2D eigenvalue weighted by molar-refractivity contribution is 9.10. The Labute approximate surface area is 170 Å². The molecule has 1 heterocycles. The first kappa shape index (κ1) is 20.0. The zero-order chi connectivity index (χ0) is 18.5. The highest BCUT2D eigenvalue weighted by atomic mass is 79.9. The van der Waals surface area contributed by atoms with E-state index < -0.39 is 0 Å². The summed E-state index contributed by atoms with van der Waals surface area (Å²) in [6.07, 6.45) is 6.84. The molecule has 2 fully saturated rings. The van der Waals surface area contributed by atoms with Crippen LogP contribution in [0.15, 0.2) is 33.7 Å². The van der Waals surface area contributed by atoms with Gasteiger partial charge in [-0.05, 0) is 56.6 Å². The van der Waals surface area contributed by atoms with Gasteiger partial charge >= 0.3 is 0 Å². The Morgan fingerprint density at radius 1 is 1.23 bits per heavy atom. The van der Waals surface area contributed by atoms with Crippen LogP contribution in [-0.4, -0.2) is 49.8 Å². The van der Waals surface area contributed by atoms with Crippen molar-refractivity contribution in [3.63, 3.8) is 0 Å². The molecule has 4 nitrogen and oxygen atoms in total. The average Bonchev–Trinajstić information content (AvgIpc) is 3.46. The van der Waals surface area contributed by atoms with E-state index in [1.54, 1.807) is 0 Å². The number of aliphatic imine (C=N–C) groups is 1. The maximum atomic E-state index is 5.54. The van der Waals surface area contributed by atoms with Gasteiger partial charge in [-0.15, -0.1) is 0 Å². The van der Waals surface area contributed by atoms with E-state index in [0.29, 0.717) is 0 Å². The number of thioether (sulfide) groups is 1. The molecule has 0 aromatic heterocycles. The Morgan fingerprint density at radius 3 is 2.62 bits per heavy atom. The van der Waals surface area contributed by atoms with Crippen LogP contribution < -0.4 is 10.6 Å². The molecule has 1 saturated carbocycles. The summed E-state index contributed by atoms with van der Waals surface area (Å²) in [5.41, 5.74) is 1.68. The molecule has 1 saturated heterocycles. The molecule has 1 aromatic rings. The largest absolute Gasteiger partial charge is 0.381 e. The second-order valence-corrected chi connectivity index (χ2v) is 9.53. The monoisotopic (exact) mass is 439 g/mol. The standard InChI is InChI=1S/C20H30BrN3OS/c1-3-22-18(24-15-20(26-2)9-11-25-12-10-20)23-14-19(7-8-19)16-5-4-6-17(21)13-16/h4-6,13H,3,7-12,14-15H2,1-2H3,(H2,22,23,24). The van der Waals surface area contributed by atoms with Gasteiger partial charge in [0.2, 0.25) is 0 Å². The van der Waals surface area contributed by atoms with E-state index in [4.69, 9.17) is 9.73 Å². The van der Waals surface area contributed by atoms with Crippen LogP contribution >= 0.6 is 27.7 Å². The molecular weight excluding hydrogens is 410 g/mol. The number of hydrogen-bond acceptors (Lipinski definition) is 3. The summed E-state index contributed by atoms with van der Waals surface area (Å²) in [6.45, 7) is 6.49. The second kappa shape index (κ2) is 8.98. The zero-order valence-electron chi connectivity index (χ0n) is 15.8. The first-order valence-electron chi connectivity index (χ1n) is 9.53. The minimum atomic E-state index is 0.224. The van der Waals surface area contributed by atoms with Crippen LogP contribution in [-0.2, 0) is 10.2 Å². The van der Waals surface area contributed by atoms with Crippen LogP contribution in [0, 0.1) is 0 Å². The Hall–Kier alpha value is -0.720. The maximum absolute atomic E-state index is 5.54. The fourth-order valence-corrected chi connectivity index (χ4v) is 4.69. The predicted octanol–water partition coefficient (Wildman–Crippen LogP) is 3.95. The normalized spacial score (nSPS) is 21.3. The van der Waals surface area contributed by atoms with Gasteiger partial charge < -0.3 is 15.4 Å². The van der Waals surface area contributed by atoms with Gasteiger partial charge in [-0.1, -0.05) is 28.1 Å². The van der Waals surface area contributed by atoms with Gasteiger partial charge in [-0.2, -0.15) is 11.8 Å². The van der Waals surface area contributed by atoms with E-state index in [1.807, 2.05) is 11.8 Å². The molecule has 3 rings (SSSR count). The van der Waals surface area contributed by atoms with E-state index >= 15 is 0 Å². The smallest absolute Gasteiger partial charge is 0.191 e. The van der Waals surface area contributed by atoms with Crippen LogP contribution in [0.1, 0.15) is 38.2 Å². The van der Waals surface area contributed by atoms with Crippen molar-refractivity contribution >= 4 is 33.7 Å². The average molecular weight is 440 g/mol. The van der Waals surface area contributed by atoms with E-state index in [2.05, 4.69) is 64.0 Å². The van der Waals surface area contributed by atoms with Crippen LogP contribution in [0.2, 0.25) is 0 Å². The Balaban J connectivity index is 1.63. The van der Waals surface area contributed by atoms with Crippen molar-refractivity contribution in [1.29, 1.82) is 0 Å². The van der Waals surface area contributed by atoms with Crippen molar-refractivity contribution in [1.82, 2.24) is 10.6 Å². The molecule has 0 radical (unpaired) electrons. The lowest BCUT2D eigenvalue weighted by Gasteiger charge is -2.34. The van der Waals surface area contributed by atoms with E-state index in [9.17, 15) is 0 Å². The van der Waals surface area contributed by atoms with Crippen LogP contribution in [0.3, 0.4) is 0 Å². The summed E-state index contributed by atoms with van der Waals surface area (Å²) in [6, 6.07) is 8.72. The van der Waals surface area contributed by atoms with Gasteiger partial charge in [0.25, 0.3) is 0 Å². The molecule has 0 spiro atoms. The summed E-state index contributed by atoms with van der Waals surface area (Å²) >= 11 is 5.54. The fraction of sp³-hybridized carbons (Fsp3) is 0.650. The summed E-state index contributed by atoms with van der Waals surface area (Å²) in [7, 11) is 0. The minimum absolute atomic E-state index is 0.224. The van der Waals surface area contributed by atoms with E-state index in [-0.39, 0.29) is 10.2 Å². The first-order chi connectivity index (χ1) is 12.6. The number of halogens is 1. The minimum Gasteiger partial charge on any atom is -0.381 e. The van der Waals surface area contributed by atoms with Crippen molar-refractivity contribution in [2.45, 2.75) is 42.8 Å². The van der Waals surface area contributed by atoms with Gasteiger partial charge in [0.05, 0.1) is 6.54 Å². The molecule has 0 unspecified atom stereocenters. The Morgan fingerprint density at radius 2 is 2.00 bits per heavy atom. The van der Waals surface area contributed by atoms with Crippen LogP contribution in [0.5, 0.6) is 0 Å². The van der Waals surface area contributed by atoms with Crippen molar-refractivity contribution in [3.8, 4) is 0 Å². The second-order valence-electron chi connectivity index (χ2n) is 7.34. The van der Waals surface area contributed by atoms with Crippen molar-refractivity contribution in [3.05, 3.63) is 34.3 Å². The Bertz CT molecular complexity index is 627. The molecule has 6 heteroatoms. The third kappa shape index (κ3) is 4.96. The first-order valence-corrected chi connectivity index (χ1v) is 11.5. The number of nitrogens with zero attached hydrogens (tertiary/aromatic N) is 1.